The number of esters is 1. The van der Waals surface area contributed by atoms with Gasteiger partial charge in [-0.25, -0.2) is 4.79 Å². The second-order valence-electron chi connectivity index (χ2n) is 5.28. The molecule has 112 valence electrons. The number of carbonyl (C=O) groups is 1. The minimum Gasteiger partial charge on any atom is -0.463 e. The van der Waals surface area contributed by atoms with Gasteiger partial charge in [-0.3, -0.25) is 0 Å². The molecule has 2 rings (SSSR count). The van der Waals surface area contributed by atoms with E-state index in [-0.39, 0.29) is 11.8 Å². The lowest BCUT2D eigenvalue weighted by Crippen LogP contribution is -2.25. The molecule has 2 aromatic rings. The molecule has 0 saturated carbocycles. The van der Waals surface area contributed by atoms with E-state index in [0.717, 1.165) is 5.56 Å². The maximum atomic E-state index is 11.6. The lowest BCUT2D eigenvalue weighted by Gasteiger charge is -2.23. The lowest BCUT2D eigenvalue weighted by molar-refractivity contribution is 0.0563. The molecule has 4 heteroatoms. The molecule has 1 heterocycles. The van der Waals surface area contributed by atoms with Crippen LogP contribution in [0.1, 0.15) is 41.6 Å². The number of methoxy groups -OCH3 is 1. The van der Waals surface area contributed by atoms with Crippen LogP contribution in [0.5, 0.6) is 0 Å². The molecule has 1 aromatic carbocycles. The fourth-order valence-corrected chi connectivity index (χ4v) is 2.37. The van der Waals surface area contributed by atoms with Crippen molar-refractivity contribution in [2.75, 3.05) is 7.11 Å². The number of carbonyl (C=O) groups excluding carboxylic acids is 1. The van der Waals surface area contributed by atoms with E-state index in [2.05, 4.69) is 31.3 Å². The van der Waals surface area contributed by atoms with Gasteiger partial charge in [-0.15, -0.1) is 0 Å². The summed E-state index contributed by atoms with van der Waals surface area (Å²) in [7, 11) is 1.35. The summed E-state index contributed by atoms with van der Waals surface area (Å²) < 4.78 is 9.91. The Morgan fingerprint density at radius 3 is 2.57 bits per heavy atom. The predicted octanol–water partition coefficient (Wildman–Crippen LogP) is 3.55. The van der Waals surface area contributed by atoms with Gasteiger partial charge in [-0.2, -0.15) is 0 Å². The molecule has 1 unspecified atom stereocenters. The van der Waals surface area contributed by atoms with Crippen molar-refractivity contribution in [1.29, 1.82) is 0 Å². The van der Waals surface area contributed by atoms with Gasteiger partial charge < -0.3 is 14.5 Å². The summed E-state index contributed by atoms with van der Waals surface area (Å²) in [5.74, 6) is 0.249. The highest BCUT2D eigenvalue weighted by Gasteiger charge is 2.19. The maximum absolute atomic E-state index is 11.6. The zero-order valence-corrected chi connectivity index (χ0v) is 12.6. The molecule has 0 spiro atoms. The topological polar surface area (TPSA) is 51.5 Å². The summed E-state index contributed by atoms with van der Waals surface area (Å²) >= 11 is 0. The van der Waals surface area contributed by atoms with Crippen molar-refractivity contribution in [3.8, 4) is 0 Å². The molecular formula is C17H21NO3. The third-order valence-corrected chi connectivity index (χ3v) is 3.46. The highest BCUT2D eigenvalue weighted by molar-refractivity contribution is 5.87. The van der Waals surface area contributed by atoms with Gasteiger partial charge in [-0.1, -0.05) is 44.2 Å². The second-order valence-corrected chi connectivity index (χ2v) is 5.28. The summed E-state index contributed by atoms with van der Waals surface area (Å²) in [5, 5.41) is 3.49. The molecule has 0 aliphatic rings. The number of hydrogen-bond donors (Lipinski definition) is 1. The molecular weight excluding hydrogens is 266 g/mol. The highest BCUT2D eigenvalue weighted by Crippen LogP contribution is 2.22. The van der Waals surface area contributed by atoms with Crippen LogP contribution >= 0.6 is 0 Å². The van der Waals surface area contributed by atoms with Crippen molar-refractivity contribution >= 4 is 5.97 Å². The molecule has 21 heavy (non-hydrogen) atoms. The SMILES string of the molecule is COC(=O)c1occc1CNC(c1ccccc1)C(C)C. The summed E-state index contributed by atoms with van der Waals surface area (Å²) in [6, 6.07) is 12.3. The predicted molar refractivity (Wildman–Crippen MR) is 80.9 cm³/mol. The first-order valence-corrected chi connectivity index (χ1v) is 7.06. The van der Waals surface area contributed by atoms with Gasteiger partial charge in [0.2, 0.25) is 5.76 Å². The van der Waals surface area contributed by atoms with Gasteiger partial charge in [0.25, 0.3) is 0 Å². The molecule has 1 N–H and O–H groups in total. The maximum Gasteiger partial charge on any atom is 0.374 e. The Morgan fingerprint density at radius 1 is 1.24 bits per heavy atom. The van der Waals surface area contributed by atoms with Crippen LogP contribution in [0.2, 0.25) is 0 Å². The first kappa shape index (κ1) is 15.3. The fraction of sp³-hybridized carbons (Fsp3) is 0.353. The average Bonchev–Trinajstić information content (AvgIpc) is 2.96. The Labute approximate surface area is 125 Å². The Kier molecular flexibility index (Phi) is 5.17. The van der Waals surface area contributed by atoms with Crippen LogP contribution in [0.25, 0.3) is 0 Å². The van der Waals surface area contributed by atoms with Crippen LogP contribution < -0.4 is 5.32 Å². The van der Waals surface area contributed by atoms with E-state index >= 15 is 0 Å². The van der Waals surface area contributed by atoms with E-state index in [0.29, 0.717) is 12.5 Å². The van der Waals surface area contributed by atoms with E-state index in [4.69, 9.17) is 9.15 Å². The van der Waals surface area contributed by atoms with Gasteiger partial charge in [-0.05, 0) is 17.5 Å². The van der Waals surface area contributed by atoms with Gasteiger partial charge in [0.05, 0.1) is 13.4 Å². The van der Waals surface area contributed by atoms with Crippen molar-refractivity contribution in [2.45, 2.75) is 26.4 Å². The molecule has 1 aromatic heterocycles. The van der Waals surface area contributed by atoms with Crippen molar-refractivity contribution in [3.63, 3.8) is 0 Å². The highest BCUT2D eigenvalue weighted by atomic mass is 16.5. The minimum atomic E-state index is -0.447. The first-order chi connectivity index (χ1) is 10.1. The standard InChI is InChI=1S/C17H21NO3/c1-12(2)15(13-7-5-4-6-8-13)18-11-14-9-10-21-16(14)17(19)20-3/h4-10,12,15,18H,11H2,1-3H3. The van der Waals surface area contributed by atoms with E-state index in [1.165, 1.54) is 18.9 Å². The normalized spacial score (nSPS) is 12.4. The largest absolute Gasteiger partial charge is 0.463 e. The number of furan rings is 1. The zero-order valence-electron chi connectivity index (χ0n) is 12.6. The Morgan fingerprint density at radius 2 is 1.95 bits per heavy atom. The summed E-state index contributed by atoms with van der Waals surface area (Å²) in [6.45, 7) is 4.89. The molecule has 0 saturated heterocycles. The van der Waals surface area contributed by atoms with Crippen LogP contribution in [0, 0.1) is 5.92 Å². The zero-order chi connectivity index (χ0) is 15.2. The van der Waals surface area contributed by atoms with Crippen molar-refractivity contribution < 1.29 is 13.9 Å². The molecule has 0 aliphatic carbocycles. The van der Waals surface area contributed by atoms with Gasteiger partial charge in [0.1, 0.15) is 0 Å². The second kappa shape index (κ2) is 7.09. The van der Waals surface area contributed by atoms with Crippen LogP contribution in [-0.4, -0.2) is 13.1 Å². The molecule has 0 aliphatic heterocycles. The average molecular weight is 287 g/mol. The lowest BCUT2D eigenvalue weighted by atomic mass is 9.96. The molecule has 0 amide bonds. The number of ether oxygens (including phenoxy) is 1. The van der Waals surface area contributed by atoms with Gasteiger partial charge in [0.15, 0.2) is 0 Å². The van der Waals surface area contributed by atoms with Crippen molar-refractivity contribution in [3.05, 3.63) is 59.5 Å². The number of rotatable bonds is 6. The molecule has 4 nitrogen and oxygen atoms in total. The molecule has 0 fully saturated rings. The fourth-order valence-electron chi connectivity index (χ4n) is 2.37. The number of benzene rings is 1. The first-order valence-electron chi connectivity index (χ1n) is 7.06. The van der Waals surface area contributed by atoms with Crippen LogP contribution in [0.4, 0.5) is 0 Å². The van der Waals surface area contributed by atoms with Crippen LogP contribution in [0.15, 0.2) is 47.1 Å². The minimum absolute atomic E-state index is 0.214. The Balaban J connectivity index is 2.10. The van der Waals surface area contributed by atoms with Gasteiger partial charge in [0, 0.05) is 18.2 Å². The molecule has 1 atom stereocenters. The third kappa shape index (κ3) is 3.73. The number of hydrogen-bond acceptors (Lipinski definition) is 4. The van der Waals surface area contributed by atoms with Crippen LogP contribution in [0.3, 0.4) is 0 Å². The summed E-state index contributed by atoms with van der Waals surface area (Å²) in [5.41, 5.74) is 2.04. The summed E-state index contributed by atoms with van der Waals surface area (Å²) in [6.07, 6.45) is 1.51. The van der Waals surface area contributed by atoms with Crippen molar-refractivity contribution in [1.82, 2.24) is 5.32 Å². The van der Waals surface area contributed by atoms with E-state index < -0.39 is 5.97 Å². The van der Waals surface area contributed by atoms with E-state index in [1.54, 1.807) is 6.07 Å². The van der Waals surface area contributed by atoms with Crippen LogP contribution in [-0.2, 0) is 11.3 Å². The third-order valence-electron chi connectivity index (χ3n) is 3.46. The Bertz CT molecular complexity index is 575. The van der Waals surface area contributed by atoms with E-state index in [9.17, 15) is 4.79 Å². The van der Waals surface area contributed by atoms with Crippen molar-refractivity contribution in [2.24, 2.45) is 5.92 Å². The smallest absolute Gasteiger partial charge is 0.374 e. The Hall–Kier alpha value is -2.07. The van der Waals surface area contributed by atoms with E-state index in [1.807, 2.05) is 18.2 Å². The van der Waals surface area contributed by atoms with Gasteiger partial charge >= 0.3 is 5.97 Å². The molecule has 0 radical (unpaired) electrons. The quantitative estimate of drug-likeness (QED) is 0.825. The number of nitrogens with one attached hydrogen (secondary N) is 1. The monoisotopic (exact) mass is 287 g/mol. The summed E-state index contributed by atoms with van der Waals surface area (Å²) in [4.78, 5) is 11.6. The molecule has 0 bridgehead atoms.